The van der Waals surface area contributed by atoms with Gasteiger partial charge in [-0.15, -0.1) is 0 Å². The van der Waals surface area contributed by atoms with E-state index in [1.165, 1.54) is 7.11 Å². The first-order valence-corrected chi connectivity index (χ1v) is 9.83. The number of halogens is 2. The monoisotopic (exact) mass is 403 g/mol. The standard InChI is InChI=1S/C17H19Cl2NO4S/c1-11(13-9-12(23-2)7-8-17(13)24-3)20-25(21,22)10-14-15(18)5-4-6-16(14)19/h4-9,11,20H,10H2,1-3H3/t11-/m1/s1. The van der Waals surface area contributed by atoms with Crippen molar-refractivity contribution in [2.45, 2.75) is 18.7 Å². The third kappa shape index (κ3) is 5.01. The molecule has 0 saturated carbocycles. The fraction of sp³-hybridized carbons (Fsp3) is 0.294. The zero-order valence-electron chi connectivity index (χ0n) is 14.0. The van der Waals surface area contributed by atoms with Gasteiger partial charge in [-0.2, -0.15) is 0 Å². The number of hydrogen-bond donors (Lipinski definition) is 1. The minimum atomic E-state index is -3.69. The second-order valence-electron chi connectivity index (χ2n) is 5.41. The van der Waals surface area contributed by atoms with Crippen molar-refractivity contribution in [3.05, 3.63) is 57.6 Å². The molecule has 1 N–H and O–H groups in total. The second-order valence-corrected chi connectivity index (χ2v) is 7.97. The van der Waals surface area contributed by atoms with Crippen LogP contribution in [-0.4, -0.2) is 22.6 Å². The molecule has 0 spiro atoms. The summed E-state index contributed by atoms with van der Waals surface area (Å²) in [4.78, 5) is 0. The Hall–Kier alpha value is -1.47. The number of rotatable bonds is 7. The molecule has 1 atom stereocenters. The summed E-state index contributed by atoms with van der Waals surface area (Å²) < 4.78 is 38.2. The Balaban J connectivity index is 2.26. The Morgan fingerprint density at radius 2 is 1.72 bits per heavy atom. The van der Waals surface area contributed by atoms with Crippen LogP contribution in [0.3, 0.4) is 0 Å². The molecule has 5 nitrogen and oxygen atoms in total. The maximum atomic E-state index is 12.5. The molecule has 0 unspecified atom stereocenters. The molecular weight excluding hydrogens is 385 g/mol. The third-order valence-electron chi connectivity index (χ3n) is 3.66. The highest BCUT2D eigenvalue weighted by molar-refractivity contribution is 7.88. The van der Waals surface area contributed by atoms with Crippen LogP contribution in [0, 0.1) is 0 Å². The van der Waals surface area contributed by atoms with Gasteiger partial charge in [0.15, 0.2) is 0 Å². The van der Waals surface area contributed by atoms with E-state index < -0.39 is 16.1 Å². The summed E-state index contributed by atoms with van der Waals surface area (Å²) in [6.45, 7) is 1.73. The summed E-state index contributed by atoms with van der Waals surface area (Å²) in [7, 11) is -0.621. The maximum Gasteiger partial charge on any atom is 0.216 e. The Bertz CT molecular complexity index is 835. The van der Waals surface area contributed by atoms with E-state index in [2.05, 4.69) is 4.72 Å². The topological polar surface area (TPSA) is 64.6 Å². The summed E-state index contributed by atoms with van der Waals surface area (Å²) in [6, 6.07) is 9.54. The predicted molar refractivity (Wildman–Crippen MR) is 100 cm³/mol. The van der Waals surface area contributed by atoms with Crippen LogP contribution in [0.4, 0.5) is 0 Å². The van der Waals surface area contributed by atoms with Crippen LogP contribution in [-0.2, 0) is 15.8 Å². The van der Waals surface area contributed by atoms with Gasteiger partial charge in [-0.25, -0.2) is 13.1 Å². The van der Waals surface area contributed by atoms with E-state index in [4.69, 9.17) is 32.7 Å². The van der Waals surface area contributed by atoms with Crippen molar-refractivity contribution in [2.75, 3.05) is 14.2 Å². The van der Waals surface area contributed by atoms with E-state index in [1.807, 2.05) is 0 Å². The largest absolute Gasteiger partial charge is 0.497 e. The second kappa shape index (κ2) is 8.27. The van der Waals surface area contributed by atoms with E-state index in [0.717, 1.165) is 0 Å². The Morgan fingerprint density at radius 3 is 2.28 bits per heavy atom. The predicted octanol–water partition coefficient (Wildman–Crippen LogP) is 4.19. The zero-order valence-corrected chi connectivity index (χ0v) is 16.4. The number of nitrogens with one attached hydrogen (secondary N) is 1. The molecule has 0 bridgehead atoms. The molecule has 2 rings (SSSR count). The van der Waals surface area contributed by atoms with Crippen molar-refractivity contribution in [1.82, 2.24) is 4.72 Å². The van der Waals surface area contributed by atoms with E-state index >= 15 is 0 Å². The maximum absolute atomic E-state index is 12.5. The molecule has 8 heteroatoms. The van der Waals surface area contributed by atoms with Crippen molar-refractivity contribution in [2.24, 2.45) is 0 Å². The average Bonchev–Trinajstić information content (AvgIpc) is 2.57. The SMILES string of the molecule is COc1ccc(OC)c([C@@H](C)NS(=O)(=O)Cc2c(Cl)cccc2Cl)c1. The van der Waals surface area contributed by atoms with Gasteiger partial charge < -0.3 is 9.47 Å². The molecule has 0 saturated heterocycles. The highest BCUT2D eigenvalue weighted by Gasteiger charge is 2.22. The normalized spacial score (nSPS) is 12.7. The van der Waals surface area contributed by atoms with E-state index in [1.54, 1.807) is 50.4 Å². The number of methoxy groups -OCH3 is 2. The molecule has 136 valence electrons. The van der Waals surface area contributed by atoms with Crippen molar-refractivity contribution in [1.29, 1.82) is 0 Å². The van der Waals surface area contributed by atoms with Crippen molar-refractivity contribution in [3.8, 4) is 11.5 Å². The van der Waals surface area contributed by atoms with Crippen molar-refractivity contribution >= 4 is 33.2 Å². The summed E-state index contributed by atoms with van der Waals surface area (Å²) in [5.74, 6) is 0.852. The molecule has 0 aliphatic heterocycles. The quantitative estimate of drug-likeness (QED) is 0.752. The smallest absolute Gasteiger partial charge is 0.216 e. The highest BCUT2D eigenvalue weighted by atomic mass is 35.5. The first-order valence-electron chi connectivity index (χ1n) is 7.42. The summed E-state index contributed by atoms with van der Waals surface area (Å²) in [5, 5.41) is 0.619. The number of sulfonamides is 1. The molecule has 0 fully saturated rings. The zero-order chi connectivity index (χ0) is 18.6. The third-order valence-corrected chi connectivity index (χ3v) is 5.75. The molecule has 0 amide bonds. The molecule has 2 aromatic rings. The Morgan fingerprint density at radius 1 is 1.08 bits per heavy atom. The first kappa shape index (κ1) is 19.8. The van der Waals surface area contributed by atoms with Gasteiger partial charge >= 0.3 is 0 Å². The van der Waals surface area contributed by atoms with Crippen LogP contribution >= 0.6 is 23.2 Å². The summed E-state index contributed by atoms with van der Waals surface area (Å²) >= 11 is 12.1. The summed E-state index contributed by atoms with van der Waals surface area (Å²) in [5.41, 5.74) is 1.03. The molecule has 0 radical (unpaired) electrons. The van der Waals surface area contributed by atoms with Gasteiger partial charge in [0.2, 0.25) is 10.0 Å². The number of ether oxygens (including phenoxy) is 2. The minimum absolute atomic E-state index is 0.310. The Labute approximate surface area is 157 Å². The van der Waals surface area contributed by atoms with Gasteiger partial charge in [0.05, 0.1) is 20.0 Å². The number of benzene rings is 2. The number of hydrogen-bond acceptors (Lipinski definition) is 4. The molecular formula is C17H19Cl2NO4S. The van der Waals surface area contributed by atoms with Crippen LogP contribution in [0.1, 0.15) is 24.1 Å². The lowest BCUT2D eigenvalue weighted by atomic mass is 10.1. The van der Waals surface area contributed by atoms with Gasteiger partial charge in [0.1, 0.15) is 11.5 Å². The van der Waals surface area contributed by atoms with Crippen LogP contribution in [0.25, 0.3) is 0 Å². The van der Waals surface area contributed by atoms with E-state index in [9.17, 15) is 8.42 Å². The van der Waals surface area contributed by atoms with Gasteiger partial charge in [0, 0.05) is 27.2 Å². The molecule has 25 heavy (non-hydrogen) atoms. The van der Waals surface area contributed by atoms with E-state index in [0.29, 0.717) is 32.7 Å². The van der Waals surface area contributed by atoms with Gasteiger partial charge in [-0.05, 0) is 37.3 Å². The van der Waals surface area contributed by atoms with Gasteiger partial charge in [-0.3, -0.25) is 0 Å². The van der Waals surface area contributed by atoms with Crippen molar-refractivity contribution in [3.63, 3.8) is 0 Å². The van der Waals surface area contributed by atoms with Crippen LogP contribution in [0.5, 0.6) is 11.5 Å². The lowest BCUT2D eigenvalue weighted by molar-refractivity contribution is 0.395. The highest BCUT2D eigenvalue weighted by Crippen LogP contribution is 2.31. The molecule has 0 heterocycles. The average molecular weight is 404 g/mol. The molecule has 0 aliphatic rings. The molecule has 0 aromatic heterocycles. The lowest BCUT2D eigenvalue weighted by Gasteiger charge is -2.19. The summed E-state index contributed by atoms with van der Waals surface area (Å²) in [6.07, 6.45) is 0. The first-order chi connectivity index (χ1) is 11.8. The van der Waals surface area contributed by atoms with Crippen LogP contribution in [0.2, 0.25) is 10.0 Å². The molecule has 0 aliphatic carbocycles. The van der Waals surface area contributed by atoms with Crippen molar-refractivity contribution < 1.29 is 17.9 Å². The fourth-order valence-electron chi connectivity index (χ4n) is 2.41. The lowest BCUT2D eigenvalue weighted by Crippen LogP contribution is -2.28. The minimum Gasteiger partial charge on any atom is -0.497 e. The van der Waals surface area contributed by atoms with Gasteiger partial charge in [-0.1, -0.05) is 29.3 Å². The van der Waals surface area contributed by atoms with Crippen LogP contribution in [0.15, 0.2) is 36.4 Å². The Kier molecular flexibility index (Phi) is 6.57. The fourth-order valence-corrected chi connectivity index (χ4v) is 4.54. The van der Waals surface area contributed by atoms with Gasteiger partial charge in [0.25, 0.3) is 0 Å². The molecule has 2 aromatic carbocycles. The van der Waals surface area contributed by atoms with E-state index in [-0.39, 0.29) is 5.75 Å². The van der Waals surface area contributed by atoms with Crippen LogP contribution < -0.4 is 14.2 Å².